The minimum Gasteiger partial charge on any atom is -0.458 e. The number of hydrogen-bond acceptors (Lipinski definition) is 6. The molecule has 0 radical (unpaired) electrons. The summed E-state index contributed by atoms with van der Waals surface area (Å²) < 4.78 is 8.04. The van der Waals surface area contributed by atoms with Crippen LogP contribution < -0.4 is 15.4 Å². The summed E-state index contributed by atoms with van der Waals surface area (Å²) in [6.45, 7) is 2.04. The van der Waals surface area contributed by atoms with E-state index in [0.29, 0.717) is 34.8 Å². The maximum Gasteiger partial charge on any atom is 0.324 e. The third-order valence-corrected chi connectivity index (χ3v) is 7.12. The van der Waals surface area contributed by atoms with Gasteiger partial charge in [-0.05, 0) is 50.1 Å². The second kappa shape index (κ2) is 9.98. The number of dihydropyridines is 1. The normalized spacial score (nSPS) is 17.6. The van der Waals surface area contributed by atoms with Gasteiger partial charge in [0.05, 0.1) is 23.3 Å². The zero-order valence-corrected chi connectivity index (χ0v) is 22.1. The summed E-state index contributed by atoms with van der Waals surface area (Å²) >= 11 is 0. The molecule has 0 bridgehead atoms. The summed E-state index contributed by atoms with van der Waals surface area (Å²) in [5, 5.41) is 12.4. The largest absolute Gasteiger partial charge is 0.458 e. The molecule has 3 amide bonds. The molecule has 4 aromatic rings. The molecule has 1 aliphatic carbocycles. The SMILES string of the molecule is Cc1ccc(-n2nc(C3CC3)cc2NC(=O)Nc2ccc(OC3=CC=NC4=NC(=O)C=NC34)c3ccccc23)cc1. The van der Waals surface area contributed by atoms with Crippen LogP contribution in [0.1, 0.15) is 30.0 Å². The summed E-state index contributed by atoms with van der Waals surface area (Å²) in [4.78, 5) is 37.2. The first-order chi connectivity index (χ1) is 20.0. The van der Waals surface area contributed by atoms with E-state index in [1.807, 2.05) is 61.5 Å². The lowest BCUT2D eigenvalue weighted by atomic mass is 10.1. The number of rotatable bonds is 6. The minimum absolute atomic E-state index is 0.295. The molecule has 3 heterocycles. The lowest BCUT2D eigenvalue weighted by molar-refractivity contribution is -0.111. The Morgan fingerprint density at radius 2 is 1.80 bits per heavy atom. The fraction of sp³-hybridized carbons (Fsp3) is 0.161. The predicted octanol–water partition coefficient (Wildman–Crippen LogP) is 5.58. The molecule has 202 valence electrons. The van der Waals surface area contributed by atoms with Gasteiger partial charge in [0.15, 0.2) is 11.9 Å². The topological polar surface area (TPSA) is 122 Å². The van der Waals surface area contributed by atoms with Crippen molar-refractivity contribution in [2.24, 2.45) is 15.0 Å². The number of carbonyl (C=O) groups is 2. The molecule has 41 heavy (non-hydrogen) atoms. The average Bonchev–Trinajstić information content (AvgIpc) is 3.75. The highest BCUT2D eigenvalue weighted by Gasteiger charge is 2.29. The number of fused-ring (bicyclic) bond motifs is 2. The second-order valence-corrected chi connectivity index (χ2v) is 10.2. The number of aryl methyl sites for hydroxylation is 1. The van der Waals surface area contributed by atoms with Crippen molar-refractivity contribution in [2.75, 3.05) is 10.6 Å². The number of urea groups is 1. The Balaban J connectivity index is 1.14. The predicted molar refractivity (Wildman–Crippen MR) is 159 cm³/mol. The van der Waals surface area contributed by atoms with Crippen molar-refractivity contribution >= 4 is 52.5 Å². The first kappa shape index (κ1) is 24.6. The number of carbonyl (C=O) groups excluding carboxylic acids is 2. The molecule has 2 N–H and O–H groups in total. The van der Waals surface area contributed by atoms with Gasteiger partial charge < -0.3 is 10.1 Å². The van der Waals surface area contributed by atoms with Crippen molar-refractivity contribution in [1.82, 2.24) is 9.78 Å². The van der Waals surface area contributed by atoms with Gasteiger partial charge in [-0.25, -0.2) is 14.5 Å². The Morgan fingerprint density at radius 1 is 1.00 bits per heavy atom. The molecular formula is C31H25N7O3. The molecule has 3 aliphatic rings. The number of hydrogen-bond donors (Lipinski definition) is 2. The number of benzene rings is 3. The summed E-state index contributed by atoms with van der Waals surface area (Å²) in [7, 11) is 0. The number of ether oxygens (including phenoxy) is 1. The Kier molecular flexibility index (Phi) is 6.00. The van der Waals surface area contributed by atoms with Gasteiger partial charge in [0.1, 0.15) is 17.3 Å². The number of nitrogens with one attached hydrogen (secondary N) is 2. The van der Waals surface area contributed by atoms with Crippen LogP contribution in [0.3, 0.4) is 0 Å². The first-order valence-electron chi connectivity index (χ1n) is 13.4. The van der Waals surface area contributed by atoms with Crippen LogP contribution >= 0.6 is 0 Å². The number of amides is 3. The highest BCUT2D eigenvalue weighted by atomic mass is 16.5. The summed E-state index contributed by atoms with van der Waals surface area (Å²) in [5.74, 6) is 1.97. The van der Waals surface area contributed by atoms with E-state index in [2.05, 4.69) is 25.6 Å². The van der Waals surface area contributed by atoms with E-state index in [9.17, 15) is 9.59 Å². The number of aliphatic imine (C=N–C) groups is 3. The smallest absolute Gasteiger partial charge is 0.324 e. The van der Waals surface area contributed by atoms with E-state index in [1.54, 1.807) is 22.9 Å². The van der Waals surface area contributed by atoms with Crippen molar-refractivity contribution < 1.29 is 14.3 Å². The Bertz CT molecular complexity index is 1830. The summed E-state index contributed by atoms with van der Waals surface area (Å²) in [6, 6.07) is 20.2. The van der Waals surface area contributed by atoms with Crippen LogP contribution in [-0.4, -0.2) is 46.0 Å². The lowest BCUT2D eigenvalue weighted by Crippen LogP contribution is -2.30. The van der Waals surface area contributed by atoms with Crippen LogP contribution in [-0.2, 0) is 4.79 Å². The van der Waals surface area contributed by atoms with Crippen LogP contribution in [0.15, 0.2) is 93.5 Å². The quantitative estimate of drug-likeness (QED) is 0.330. The van der Waals surface area contributed by atoms with E-state index in [-0.39, 0.29) is 6.03 Å². The number of amidine groups is 1. The number of nitrogens with zero attached hydrogens (tertiary/aromatic N) is 5. The molecule has 0 saturated heterocycles. The standard InChI is InChI=1S/C31H25N7O3/c1-18-6-10-20(11-7-18)38-27(16-24(37-38)19-8-9-19)35-31(40)34-23-12-13-25(22-5-3-2-4-21(22)23)41-26-14-15-32-30-29(26)33-17-28(39)36-30/h2-7,10-17,19,29H,8-9H2,1H3,(H2,34,35,40). The monoisotopic (exact) mass is 543 g/mol. The number of allylic oxidation sites excluding steroid dienone is 1. The fourth-order valence-corrected chi connectivity index (χ4v) is 4.89. The summed E-state index contributed by atoms with van der Waals surface area (Å²) in [5.41, 5.74) is 3.64. The Labute approximate surface area is 235 Å². The van der Waals surface area contributed by atoms with E-state index in [1.165, 1.54) is 12.4 Å². The maximum absolute atomic E-state index is 13.3. The molecule has 1 saturated carbocycles. The maximum atomic E-state index is 13.3. The molecule has 10 nitrogen and oxygen atoms in total. The van der Waals surface area contributed by atoms with E-state index < -0.39 is 11.9 Å². The Morgan fingerprint density at radius 3 is 2.61 bits per heavy atom. The first-order valence-corrected chi connectivity index (χ1v) is 13.4. The number of aromatic nitrogens is 2. The van der Waals surface area contributed by atoms with Crippen LogP contribution in [0, 0.1) is 6.92 Å². The molecule has 1 atom stereocenters. The lowest BCUT2D eigenvalue weighted by Gasteiger charge is -2.21. The highest BCUT2D eigenvalue weighted by Crippen LogP contribution is 2.40. The van der Waals surface area contributed by atoms with E-state index >= 15 is 0 Å². The molecule has 3 aromatic carbocycles. The van der Waals surface area contributed by atoms with Crippen LogP contribution in [0.25, 0.3) is 16.5 Å². The molecule has 1 aromatic heterocycles. The van der Waals surface area contributed by atoms with Gasteiger partial charge >= 0.3 is 6.03 Å². The average molecular weight is 544 g/mol. The zero-order chi connectivity index (χ0) is 27.9. The molecular weight excluding hydrogens is 518 g/mol. The van der Waals surface area contributed by atoms with Crippen molar-refractivity contribution in [3.8, 4) is 11.4 Å². The Hall–Kier alpha value is -5.38. The van der Waals surface area contributed by atoms with Gasteiger partial charge in [-0.1, -0.05) is 42.0 Å². The summed E-state index contributed by atoms with van der Waals surface area (Å²) in [6.07, 6.45) is 6.64. The van der Waals surface area contributed by atoms with Gasteiger partial charge in [0, 0.05) is 29.0 Å². The van der Waals surface area contributed by atoms with Gasteiger partial charge in [0.25, 0.3) is 5.91 Å². The van der Waals surface area contributed by atoms with Crippen LogP contribution in [0.5, 0.6) is 5.75 Å². The second-order valence-electron chi connectivity index (χ2n) is 10.2. The molecule has 1 unspecified atom stereocenters. The van der Waals surface area contributed by atoms with Gasteiger partial charge in [0.2, 0.25) is 0 Å². The third kappa shape index (κ3) is 4.91. The van der Waals surface area contributed by atoms with Gasteiger partial charge in [-0.3, -0.25) is 15.1 Å². The van der Waals surface area contributed by atoms with Crippen LogP contribution in [0.2, 0.25) is 0 Å². The zero-order valence-electron chi connectivity index (χ0n) is 22.1. The molecule has 1 fully saturated rings. The minimum atomic E-state index is -0.584. The molecule has 10 heteroatoms. The molecule has 0 spiro atoms. The van der Waals surface area contributed by atoms with E-state index in [4.69, 9.17) is 9.84 Å². The fourth-order valence-electron chi connectivity index (χ4n) is 4.89. The van der Waals surface area contributed by atoms with Crippen molar-refractivity contribution in [3.63, 3.8) is 0 Å². The molecule has 2 aliphatic heterocycles. The van der Waals surface area contributed by atoms with E-state index in [0.717, 1.165) is 40.6 Å². The molecule has 7 rings (SSSR count). The van der Waals surface area contributed by atoms with Crippen LogP contribution in [0.4, 0.5) is 16.3 Å². The third-order valence-electron chi connectivity index (χ3n) is 7.12. The van der Waals surface area contributed by atoms with Gasteiger partial charge in [-0.2, -0.15) is 10.1 Å². The highest BCUT2D eigenvalue weighted by molar-refractivity contribution is 6.32. The van der Waals surface area contributed by atoms with Crippen molar-refractivity contribution in [1.29, 1.82) is 0 Å². The van der Waals surface area contributed by atoms with Crippen molar-refractivity contribution in [2.45, 2.75) is 31.7 Å². The van der Waals surface area contributed by atoms with Crippen molar-refractivity contribution in [3.05, 3.63) is 89.8 Å². The number of anilines is 2. The van der Waals surface area contributed by atoms with Gasteiger partial charge in [-0.15, -0.1) is 0 Å².